The molecule has 1 aromatic carbocycles. The predicted octanol–water partition coefficient (Wildman–Crippen LogP) is 5.75. The van der Waals surface area contributed by atoms with Gasteiger partial charge in [-0.3, -0.25) is 4.79 Å². The van der Waals surface area contributed by atoms with Crippen LogP contribution in [0.15, 0.2) is 40.8 Å². The maximum Gasteiger partial charge on any atom is 0.326 e. The van der Waals surface area contributed by atoms with Crippen molar-refractivity contribution in [3.05, 3.63) is 64.9 Å². The van der Waals surface area contributed by atoms with Crippen LogP contribution in [-0.4, -0.2) is 39.5 Å². The lowest BCUT2D eigenvalue weighted by Gasteiger charge is -2.34. The van der Waals surface area contributed by atoms with Crippen molar-refractivity contribution in [3.63, 3.8) is 0 Å². The van der Waals surface area contributed by atoms with Crippen LogP contribution in [-0.2, 0) is 29.0 Å². The van der Waals surface area contributed by atoms with Crippen LogP contribution >= 0.6 is 0 Å². The molecule has 7 nitrogen and oxygen atoms in total. The summed E-state index contributed by atoms with van der Waals surface area (Å²) in [5, 5.41) is 9.68. The summed E-state index contributed by atoms with van der Waals surface area (Å²) < 4.78 is 11.7. The quantitative estimate of drug-likeness (QED) is 0.378. The summed E-state index contributed by atoms with van der Waals surface area (Å²) in [6.07, 6.45) is 12.1. The summed E-state index contributed by atoms with van der Waals surface area (Å²) in [6, 6.07) is 4.79. The molecule has 0 bridgehead atoms. The number of rotatable bonds is 12. The Labute approximate surface area is 213 Å². The summed E-state index contributed by atoms with van der Waals surface area (Å²) in [7, 11) is 0. The molecule has 0 aliphatic carbocycles. The molecule has 0 radical (unpaired) electrons. The highest BCUT2D eigenvalue weighted by molar-refractivity contribution is 5.91. The largest absolute Gasteiger partial charge is 0.493 e. The average molecular weight is 495 g/mol. The molecule has 7 heteroatoms. The van der Waals surface area contributed by atoms with Gasteiger partial charge in [-0.05, 0) is 67.5 Å². The van der Waals surface area contributed by atoms with Crippen LogP contribution in [0.4, 0.5) is 0 Å². The van der Waals surface area contributed by atoms with E-state index in [-0.39, 0.29) is 18.9 Å². The van der Waals surface area contributed by atoms with Crippen LogP contribution in [0.2, 0.25) is 0 Å². The average Bonchev–Trinajstić information content (AvgIpc) is 3.19. The molecule has 0 fully saturated rings. The van der Waals surface area contributed by atoms with E-state index in [1.807, 2.05) is 38.1 Å². The molecule has 0 saturated heterocycles. The van der Waals surface area contributed by atoms with Gasteiger partial charge in [0.05, 0.1) is 12.3 Å². The summed E-state index contributed by atoms with van der Waals surface area (Å²) in [5.41, 5.74) is 2.71. The number of aliphatic carboxylic acids is 1. The number of allylic oxidation sites excluding steroid dienone is 2. The van der Waals surface area contributed by atoms with E-state index < -0.39 is 12.0 Å². The van der Waals surface area contributed by atoms with Crippen LogP contribution in [0, 0.1) is 12.8 Å². The second-order valence-electron chi connectivity index (χ2n) is 9.67. The molecule has 2 aromatic rings. The number of carbonyl (C=O) groups excluding carboxylic acids is 1. The first kappa shape index (κ1) is 27.2. The van der Waals surface area contributed by atoms with Gasteiger partial charge in [0.25, 0.3) is 0 Å². The number of aryl methyl sites for hydroxylation is 1. The molecule has 1 atom stereocenters. The zero-order valence-corrected chi connectivity index (χ0v) is 21.8. The minimum absolute atomic E-state index is 0.244. The van der Waals surface area contributed by atoms with Gasteiger partial charge in [-0.1, -0.05) is 45.4 Å². The van der Waals surface area contributed by atoms with Gasteiger partial charge >= 0.3 is 5.97 Å². The molecule has 3 rings (SSSR count). The number of unbranched alkanes of at least 4 members (excludes halogenated alkanes) is 1. The second-order valence-corrected chi connectivity index (χ2v) is 9.67. The number of nitrogens with zero attached hydrogens (tertiary/aromatic N) is 2. The minimum atomic E-state index is -0.990. The second kappa shape index (κ2) is 13.1. The van der Waals surface area contributed by atoms with E-state index in [1.54, 1.807) is 6.08 Å². The van der Waals surface area contributed by atoms with E-state index in [0.29, 0.717) is 30.6 Å². The number of benzene rings is 1. The molecular weight excluding hydrogens is 456 g/mol. The molecule has 1 aliphatic heterocycles. The molecule has 0 unspecified atom stereocenters. The van der Waals surface area contributed by atoms with Gasteiger partial charge < -0.3 is 19.2 Å². The van der Waals surface area contributed by atoms with E-state index in [9.17, 15) is 14.7 Å². The zero-order valence-electron chi connectivity index (χ0n) is 21.8. The fourth-order valence-electron chi connectivity index (χ4n) is 4.18. The van der Waals surface area contributed by atoms with Crippen molar-refractivity contribution in [1.82, 2.24) is 9.88 Å². The Kier molecular flexibility index (Phi) is 9.91. The van der Waals surface area contributed by atoms with Gasteiger partial charge in [0, 0.05) is 19.4 Å². The Bertz CT molecular complexity index is 1100. The van der Waals surface area contributed by atoms with Crippen molar-refractivity contribution in [3.8, 4) is 5.75 Å². The molecule has 194 valence electrons. The number of hydrogen-bond acceptors (Lipinski definition) is 5. The van der Waals surface area contributed by atoms with Gasteiger partial charge in [-0.25, -0.2) is 9.78 Å². The summed E-state index contributed by atoms with van der Waals surface area (Å²) in [6.45, 7) is 9.03. The number of carbonyl (C=O) groups is 2. The Hall–Kier alpha value is -3.35. The lowest BCUT2D eigenvalue weighted by molar-refractivity contribution is -0.149. The number of hydrogen-bond donors (Lipinski definition) is 1. The molecule has 2 heterocycles. The van der Waals surface area contributed by atoms with Crippen LogP contribution < -0.4 is 4.74 Å². The highest BCUT2D eigenvalue weighted by atomic mass is 16.5. The van der Waals surface area contributed by atoms with Gasteiger partial charge in [0.1, 0.15) is 17.6 Å². The molecule has 1 aromatic heterocycles. The number of carboxylic acids is 1. The molecular formula is C29H38N2O5. The van der Waals surface area contributed by atoms with E-state index >= 15 is 0 Å². The monoisotopic (exact) mass is 494 g/mol. The Morgan fingerprint density at radius 1 is 1.25 bits per heavy atom. The lowest BCUT2D eigenvalue weighted by Crippen LogP contribution is -2.48. The lowest BCUT2D eigenvalue weighted by atomic mass is 9.93. The fourth-order valence-corrected chi connectivity index (χ4v) is 4.18. The van der Waals surface area contributed by atoms with Crippen LogP contribution in [0.25, 0.3) is 6.08 Å². The maximum atomic E-state index is 12.7. The van der Waals surface area contributed by atoms with E-state index in [1.165, 1.54) is 11.0 Å². The number of amides is 1. The smallest absolute Gasteiger partial charge is 0.326 e. The Morgan fingerprint density at radius 2 is 2.06 bits per heavy atom. The SMILES string of the molecule is CCC/C=C/C(=O)N1Cc2cc(OCCc3nc(/C=C/CCC(C)C)oc3C)ccc2C[C@H]1C(=O)O. The molecule has 36 heavy (non-hydrogen) atoms. The van der Waals surface area contributed by atoms with Crippen molar-refractivity contribution in [2.45, 2.75) is 78.8 Å². The van der Waals surface area contributed by atoms with Crippen molar-refractivity contribution in [2.75, 3.05) is 6.61 Å². The van der Waals surface area contributed by atoms with Crippen molar-refractivity contribution in [2.24, 2.45) is 5.92 Å². The first-order chi connectivity index (χ1) is 17.3. The Morgan fingerprint density at radius 3 is 2.78 bits per heavy atom. The van der Waals surface area contributed by atoms with Gasteiger partial charge in [-0.15, -0.1) is 0 Å². The molecule has 1 aliphatic rings. The Balaban J connectivity index is 1.61. The van der Waals surface area contributed by atoms with Crippen LogP contribution in [0.5, 0.6) is 5.75 Å². The van der Waals surface area contributed by atoms with E-state index in [0.717, 1.165) is 48.3 Å². The predicted molar refractivity (Wildman–Crippen MR) is 140 cm³/mol. The van der Waals surface area contributed by atoms with Crippen molar-refractivity contribution < 1.29 is 23.8 Å². The van der Waals surface area contributed by atoms with Gasteiger partial charge in [-0.2, -0.15) is 0 Å². The van der Waals surface area contributed by atoms with E-state index in [4.69, 9.17) is 9.15 Å². The van der Waals surface area contributed by atoms with Crippen molar-refractivity contribution >= 4 is 18.0 Å². The summed E-state index contributed by atoms with van der Waals surface area (Å²) in [4.78, 5) is 30.5. The zero-order chi connectivity index (χ0) is 26.1. The minimum Gasteiger partial charge on any atom is -0.493 e. The highest BCUT2D eigenvalue weighted by Gasteiger charge is 2.33. The molecule has 0 spiro atoms. The first-order valence-electron chi connectivity index (χ1n) is 12.9. The van der Waals surface area contributed by atoms with Crippen LogP contribution in [0.3, 0.4) is 0 Å². The van der Waals surface area contributed by atoms with E-state index in [2.05, 4.69) is 24.9 Å². The van der Waals surface area contributed by atoms with Gasteiger partial charge in [0.15, 0.2) is 0 Å². The molecule has 0 saturated carbocycles. The number of oxazole rings is 1. The highest BCUT2D eigenvalue weighted by Crippen LogP contribution is 2.28. The third kappa shape index (κ3) is 7.57. The number of aromatic nitrogens is 1. The number of fused-ring (bicyclic) bond motifs is 1. The first-order valence-corrected chi connectivity index (χ1v) is 12.9. The van der Waals surface area contributed by atoms with Crippen LogP contribution in [0.1, 0.15) is 74.9 Å². The maximum absolute atomic E-state index is 12.7. The summed E-state index contributed by atoms with van der Waals surface area (Å²) >= 11 is 0. The topological polar surface area (TPSA) is 92.9 Å². The molecule has 1 N–H and O–H groups in total. The third-order valence-corrected chi connectivity index (χ3v) is 6.28. The van der Waals surface area contributed by atoms with Crippen molar-refractivity contribution in [1.29, 1.82) is 0 Å². The fraction of sp³-hybridized carbons (Fsp3) is 0.483. The number of ether oxygens (including phenoxy) is 1. The van der Waals surface area contributed by atoms with Gasteiger partial charge in [0.2, 0.25) is 11.8 Å². The molecule has 1 amide bonds. The summed E-state index contributed by atoms with van der Waals surface area (Å²) in [5.74, 6) is 1.50. The number of carboxylic acid groups (broad SMARTS) is 1. The standard InChI is InChI=1S/C29H38N2O5/c1-5-6-7-12-28(32)31-19-23-17-24(14-13-22(23)18-26(31)29(33)34)35-16-15-25-21(4)36-27(30-25)11-9-8-10-20(2)3/h7,9,11-14,17,20,26H,5-6,8,10,15-16,18-19H2,1-4H3,(H,33,34)/b11-9+,12-7+/t26-/m0/s1. The third-order valence-electron chi connectivity index (χ3n) is 6.28. The normalized spacial score (nSPS) is 15.7.